The Bertz CT molecular complexity index is 265. The van der Waals surface area contributed by atoms with Gasteiger partial charge in [0.25, 0.3) is 0 Å². The van der Waals surface area contributed by atoms with Gasteiger partial charge in [-0.1, -0.05) is 5.16 Å². The van der Waals surface area contributed by atoms with Crippen molar-refractivity contribution in [2.45, 2.75) is 25.7 Å². The second kappa shape index (κ2) is 7.04. The fourth-order valence-electron chi connectivity index (χ4n) is 1.08. The second-order valence-corrected chi connectivity index (χ2v) is 2.95. The van der Waals surface area contributed by atoms with E-state index < -0.39 is 0 Å². The van der Waals surface area contributed by atoms with E-state index in [9.17, 15) is 0 Å². The van der Waals surface area contributed by atoms with Gasteiger partial charge in [-0.25, -0.2) is 0 Å². The molecule has 0 bridgehead atoms. The predicted octanol–water partition coefficient (Wildman–Crippen LogP) is 0.896. The first kappa shape index (κ1) is 10.7. The van der Waals surface area contributed by atoms with E-state index in [0.29, 0.717) is 12.3 Å². The smallest absolute Gasteiger partial charge is 0.227 e. The average molecular weight is 194 g/mol. The van der Waals surface area contributed by atoms with Crippen LogP contribution >= 0.6 is 0 Å². The summed E-state index contributed by atoms with van der Waals surface area (Å²) in [5.41, 5.74) is 0. The Kier molecular flexibility index (Phi) is 5.36. The first-order valence-electron chi connectivity index (χ1n) is 4.76. The van der Waals surface area contributed by atoms with Crippen LogP contribution in [0, 0.1) is 11.3 Å². The fraction of sp³-hybridized carbons (Fsp3) is 0.667. The molecule has 0 saturated heterocycles. The molecular formula is C9H14N4O. The topological polar surface area (TPSA) is 74.7 Å². The Labute approximate surface area is 83.1 Å². The Morgan fingerprint density at radius 3 is 3.07 bits per heavy atom. The van der Waals surface area contributed by atoms with E-state index >= 15 is 0 Å². The highest BCUT2D eigenvalue weighted by atomic mass is 16.5. The molecule has 1 aromatic rings. The minimum Gasteiger partial charge on any atom is -0.340 e. The summed E-state index contributed by atoms with van der Waals surface area (Å²) >= 11 is 0. The largest absolute Gasteiger partial charge is 0.340 e. The van der Waals surface area contributed by atoms with Crippen molar-refractivity contribution < 1.29 is 4.52 Å². The van der Waals surface area contributed by atoms with Gasteiger partial charge in [0, 0.05) is 19.4 Å². The van der Waals surface area contributed by atoms with Crippen LogP contribution in [0.1, 0.15) is 25.2 Å². The molecule has 5 nitrogen and oxygen atoms in total. The van der Waals surface area contributed by atoms with Gasteiger partial charge in [-0.05, 0) is 19.4 Å². The van der Waals surface area contributed by atoms with Crippen molar-refractivity contribution in [2.24, 2.45) is 0 Å². The normalized spacial score (nSPS) is 9.93. The van der Waals surface area contributed by atoms with Crippen LogP contribution in [0.5, 0.6) is 0 Å². The van der Waals surface area contributed by atoms with Gasteiger partial charge in [-0.2, -0.15) is 10.2 Å². The maximum absolute atomic E-state index is 8.30. The van der Waals surface area contributed by atoms with Gasteiger partial charge in [0.15, 0.2) is 6.33 Å². The zero-order valence-electron chi connectivity index (χ0n) is 8.07. The molecule has 1 N–H and O–H groups in total. The molecule has 14 heavy (non-hydrogen) atoms. The van der Waals surface area contributed by atoms with Crippen LogP contribution in [0.25, 0.3) is 0 Å². The van der Waals surface area contributed by atoms with Crippen LogP contribution in [0.4, 0.5) is 0 Å². The molecular weight excluding hydrogens is 180 g/mol. The van der Waals surface area contributed by atoms with E-state index in [0.717, 1.165) is 32.4 Å². The Hall–Kier alpha value is -1.41. The lowest BCUT2D eigenvalue weighted by Crippen LogP contribution is -2.18. The SMILES string of the molecule is N#CCCCCNCCc1ncno1. The van der Waals surface area contributed by atoms with E-state index in [-0.39, 0.29) is 0 Å². The third kappa shape index (κ3) is 4.58. The molecule has 0 radical (unpaired) electrons. The Balaban J connectivity index is 1.88. The minimum absolute atomic E-state index is 0.644. The minimum atomic E-state index is 0.644. The summed E-state index contributed by atoms with van der Waals surface area (Å²) in [6, 6.07) is 2.12. The molecule has 1 rings (SSSR count). The number of aromatic nitrogens is 2. The van der Waals surface area contributed by atoms with E-state index in [1.54, 1.807) is 0 Å². The first-order valence-corrected chi connectivity index (χ1v) is 4.76. The number of hydrogen-bond donors (Lipinski definition) is 1. The molecule has 0 saturated carbocycles. The van der Waals surface area contributed by atoms with Gasteiger partial charge in [0.2, 0.25) is 5.89 Å². The molecule has 0 aromatic carbocycles. The van der Waals surface area contributed by atoms with Crippen LogP contribution in [-0.2, 0) is 6.42 Å². The molecule has 0 atom stereocenters. The summed E-state index contributed by atoms with van der Waals surface area (Å²) in [6.45, 7) is 1.78. The first-order chi connectivity index (χ1) is 6.93. The molecule has 1 heterocycles. The molecule has 0 aliphatic carbocycles. The molecule has 0 aliphatic rings. The molecule has 0 amide bonds. The third-order valence-electron chi connectivity index (χ3n) is 1.81. The zero-order chi connectivity index (χ0) is 10.1. The standard InChI is InChI=1S/C9H14N4O/c10-5-2-1-3-6-11-7-4-9-12-8-13-14-9/h8,11H,1-4,6-7H2. The van der Waals surface area contributed by atoms with Crippen molar-refractivity contribution in [1.82, 2.24) is 15.5 Å². The average Bonchev–Trinajstić information content (AvgIpc) is 2.69. The van der Waals surface area contributed by atoms with Crippen molar-refractivity contribution in [2.75, 3.05) is 13.1 Å². The van der Waals surface area contributed by atoms with Gasteiger partial charge >= 0.3 is 0 Å². The molecule has 0 aliphatic heterocycles. The maximum atomic E-state index is 8.30. The molecule has 5 heteroatoms. The monoisotopic (exact) mass is 194 g/mol. The van der Waals surface area contributed by atoms with Gasteiger partial charge < -0.3 is 9.84 Å². The van der Waals surface area contributed by atoms with E-state index in [1.807, 2.05) is 0 Å². The lowest BCUT2D eigenvalue weighted by Gasteiger charge is -2.00. The van der Waals surface area contributed by atoms with Crippen LogP contribution in [-0.4, -0.2) is 23.2 Å². The van der Waals surface area contributed by atoms with Crippen molar-refractivity contribution >= 4 is 0 Å². The number of hydrogen-bond acceptors (Lipinski definition) is 5. The summed E-state index contributed by atoms with van der Waals surface area (Å²) in [7, 11) is 0. The van der Waals surface area contributed by atoms with Crippen LogP contribution in [0.15, 0.2) is 10.9 Å². The summed E-state index contributed by atoms with van der Waals surface area (Å²) in [5, 5.41) is 15.1. The van der Waals surface area contributed by atoms with Crippen molar-refractivity contribution in [1.29, 1.82) is 5.26 Å². The maximum Gasteiger partial charge on any atom is 0.227 e. The number of nitrogens with zero attached hydrogens (tertiary/aromatic N) is 3. The second-order valence-electron chi connectivity index (χ2n) is 2.95. The molecule has 76 valence electrons. The molecule has 1 aromatic heterocycles. The Morgan fingerprint density at radius 1 is 1.43 bits per heavy atom. The number of nitriles is 1. The third-order valence-corrected chi connectivity index (χ3v) is 1.81. The van der Waals surface area contributed by atoms with Crippen LogP contribution < -0.4 is 5.32 Å². The van der Waals surface area contributed by atoms with Crippen molar-refractivity contribution in [3.63, 3.8) is 0 Å². The molecule has 0 fully saturated rings. The summed E-state index contributed by atoms with van der Waals surface area (Å²) in [4.78, 5) is 3.90. The van der Waals surface area contributed by atoms with E-state index in [2.05, 4.69) is 21.5 Å². The quantitative estimate of drug-likeness (QED) is 0.652. The van der Waals surface area contributed by atoms with Crippen molar-refractivity contribution in [3.05, 3.63) is 12.2 Å². The van der Waals surface area contributed by atoms with Gasteiger partial charge in [0.05, 0.1) is 6.07 Å². The van der Waals surface area contributed by atoms with Gasteiger partial charge in [0.1, 0.15) is 0 Å². The zero-order valence-corrected chi connectivity index (χ0v) is 8.07. The summed E-state index contributed by atoms with van der Waals surface area (Å²) in [5.74, 6) is 0.662. The number of rotatable bonds is 7. The molecule has 0 spiro atoms. The van der Waals surface area contributed by atoms with E-state index in [4.69, 9.17) is 9.78 Å². The van der Waals surface area contributed by atoms with E-state index in [1.165, 1.54) is 6.33 Å². The van der Waals surface area contributed by atoms with Crippen molar-refractivity contribution in [3.8, 4) is 6.07 Å². The fourth-order valence-corrected chi connectivity index (χ4v) is 1.08. The highest BCUT2D eigenvalue weighted by Crippen LogP contribution is 1.93. The predicted molar refractivity (Wildman–Crippen MR) is 50.3 cm³/mol. The van der Waals surface area contributed by atoms with Gasteiger partial charge in [-0.15, -0.1) is 0 Å². The summed E-state index contributed by atoms with van der Waals surface area (Å²) < 4.78 is 4.83. The highest BCUT2D eigenvalue weighted by Gasteiger charge is 1.97. The summed E-state index contributed by atoms with van der Waals surface area (Å²) in [6.07, 6.45) is 4.81. The lowest BCUT2D eigenvalue weighted by molar-refractivity contribution is 0.375. The van der Waals surface area contributed by atoms with Crippen LogP contribution in [0.2, 0.25) is 0 Å². The lowest BCUT2D eigenvalue weighted by atomic mass is 10.2. The highest BCUT2D eigenvalue weighted by molar-refractivity contribution is 4.75. The van der Waals surface area contributed by atoms with Crippen LogP contribution in [0.3, 0.4) is 0 Å². The number of unbranched alkanes of at least 4 members (excludes halogenated alkanes) is 2. The molecule has 0 unspecified atom stereocenters. The number of nitrogens with one attached hydrogen (secondary N) is 1. The Morgan fingerprint density at radius 2 is 2.36 bits per heavy atom. The van der Waals surface area contributed by atoms with Gasteiger partial charge in [-0.3, -0.25) is 0 Å².